The molecule has 1 unspecified atom stereocenters. The first-order valence-electron chi connectivity index (χ1n) is 9.19. The van der Waals surface area contributed by atoms with E-state index >= 15 is 0 Å². The first-order chi connectivity index (χ1) is 12.7. The molecule has 0 spiro atoms. The number of rotatable bonds is 6. The highest BCUT2D eigenvalue weighted by atomic mass is 79.9. The maximum absolute atomic E-state index is 12.9. The normalized spacial score (nSPS) is 20.4. The van der Waals surface area contributed by atoms with Crippen molar-refractivity contribution in [2.75, 3.05) is 13.3 Å². The molecule has 27 heavy (non-hydrogen) atoms. The monoisotopic (exact) mass is 452 g/mol. The van der Waals surface area contributed by atoms with Crippen molar-refractivity contribution >= 4 is 41.7 Å². The Labute approximate surface area is 169 Å². The van der Waals surface area contributed by atoms with Crippen molar-refractivity contribution in [2.45, 2.75) is 51.1 Å². The van der Waals surface area contributed by atoms with Gasteiger partial charge in [0.15, 0.2) is 0 Å². The molecular weight excluding hydrogens is 428 g/mol. The first-order valence-corrected chi connectivity index (χ1v) is 13.7. The lowest BCUT2D eigenvalue weighted by atomic mass is 10.0. The Kier molecular flexibility index (Phi) is 5.88. The number of carbonyl (C=O) groups excluding carboxylic acids is 3. The molecule has 8 heteroatoms. The number of ether oxygens (including phenoxy) is 1. The van der Waals surface area contributed by atoms with Crippen LogP contribution in [0.25, 0.3) is 0 Å². The zero-order valence-corrected chi connectivity index (χ0v) is 18.5. The number of hydrogen-bond donors (Lipinski definition) is 0. The number of likely N-dealkylation sites (tertiary alicyclic amines) is 1. The van der Waals surface area contributed by atoms with Crippen LogP contribution < -0.4 is 0 Å². The van der Waals surface area contributed by atoms with Crippen LogP contribution in [0, 0.1) is 0 Å². The third-order valence-electron chi connectivity index (χ3n) is 4.98. The number of carbonyl (C=O) groups is 3. The van der Waals surface area contributed by atoms with Gasteiger partial charge in [0.2, 0.25) is 5.91 Å². The van der Waals surface area contributed by atoms with Gasteiger partial charge in [-0.1, -0.05) is 15.9 Å². The minimum atomic E-state index is -1.23. The van der Waals surface area contributed by atoms with Gasteiger partial charge in [-0.2, -0.15) is 19.6 Å². The fourth-order valence-corrected chi connectivity index (χ4v) is 4.51. The van der Waals surface area contributed by atoms with Gasteiger partial charge >= 0.3 is 0 Å². The van der Waals surface area contributed by atoms with Gasteiger partial charge in [-0.25, -0.2) is 0 Å². The summed E-state index contributed by atoms with van der Waals surface area (Å²) in [6.45, 7) is 7.65. The third-order valence-corrected chi connectivity index (χ3v) is 7.17. The van der Waals surface area contributed by atoms with Crippen molar-refractivity contribution in [1.82, 2.24) is 9.80 Å². The molecule has 1 saturated heterocycles. The molecule has 1 aromatic carbocycles. The molecule has 0 aliphatic carbocycles. The number of halogens is 1. The molecule has 1 atom stereocenters. The van der Waals surface area contributed by atoms with Crippen molar-refractivity contribution < 1.29 is 19.1 Å². The molecule has 3 rings (SSSR count). The summed E-state index contributed by atoms with van der Waals surface area (Å²) in [5.41, 5.74) is 1.53. The van der Waals surface area contributed by atoms with Gasteiger partial charge in [-0.15, -0.1) is 14.1 Å². The maximum atomic E-state index is 12.9. The molecule has 0 N–H and O–H groups in total. The van der Waals surface area contributed by atoms with E-state index in [1.165, 1.54) is 4.90 Å². The number of nitrogens with zero attached hydrogens (tertiary/aromatic N) is 2. The van der Waals surface area contributed by atoms with Crippen LogP contribution in [0.5, 0.6) is 0 Å². The Bertz CT molecular complexity index is 777. The van der Waals surface area contributed by atoms with E-state index in [2.05, 4.69) is 35.6 Å². The molecule has 0 aromatic heterocycles. The van der Waals surface area contributed by atoms with Gasteiger partial charge in [-0.3, -0.25) is 19.3 Å². The summed E-state index contributed by atoms with van der Waals surface area (Å²) in [7, 11) is -1.23. The van der Waals surface area contributed by atoms with Crippen molar-refractivity contribution in [1.29, 1.82) is 0 Å². The van der Waals surface area contributed by atoms with E-state index in [1.807, 2.05) is 12.1 Å². The van der Waals surface area contributed by atoms with E-state index in [-0.39, 0.29) is 30.9 Å². The number of imide groups is 1. The summed E-state index contributed by atoms with van der Waals surface area (Å²) in [6.07, 6.45) is 0.613. The second kappa shape index (κ2) is 7.85. The first kappa shape index (κ1) is 20.2. The summed E-state index contributed by atoms with van der Waals surface area (Å²) in [5, 5.41) is 0. The molecule has 0 bridgehead atoms. The van der Waals surface area contributed by atoms with Crippen LogP contribution in [0.2, 0.25) is 25.7 Å². The molecule has 6 nitrogen and oxygen atoms in total. The van der Waals surface area contributed by atoms with Crippen LogP contribution in [0.1, 0.15) is 28.8 Å². The Morgan fingerprint density at radius 1 is 1.22 bits per heavy atom. The minimum Gasteiger partial charge on any atom is -0.363 e. The second-order valence-electron chi connectivity index (χ2n) is 8.30. The van der Waals surface area contributed by atoms with Gasteiger partial charge in [-0.05, 0) is 30.2 Å². The summed E-state index contributed by atoms with van der Waals surface area (Å²) in [4.78, 5) is 40.6. The Morgan fingerprint density at radius 3 is 2.67 bits per heavy atom. The average Bonchev–Trinajstić information content (AvgIpc) is 2.89. The molecule has 1 aromatic rings. The smallest absolute Gasteiger partial charge is 0.255 e. The topological polar surface area (TPSA) is 66.9 Å². The summed E-state index contributed by atoms with van der Waals surface area (Å²) >= 11 is 3.42. The number of hydrogen-bond acceptors (Lipinski definition) is 4. The molecule has 2 heterocycles. The zero-order valence-electron chi connectivity index (χ0n) is 16.0. The molecule has 1 fully saturated rings. The van der Waals surface area contributed by atoms with Crippen molar-refractivity contribution in [3.8, 4) is 0 Å². The average molecular weight is 453 g/mol. The standard InChI is InChI=1S/C19H25BrN2O4Si/c1-27(2,3)9-8-26-12-22-17(23)7-6-16(19(22)25)21-11-13-10-14(20)4-5-15(13)18(21)24/h4-5,10,16H,6-9,11-12H2,1-3H3/q-1. The second-order valence-corrected chi connectivity index (χ2v) is 14.8. The molecule has 3 amide bonds. The number of benzene rings is 1. The zero-order chi connectivity index (χ0) is 19.8. The highest BCUT2D eigenvalue weighted by molar-refractivity contribution is 9.10. The summed E-state index contributed by atoms with van der Waals surface area (Å²) in [5.74, 6) is -0.708. The lowest BCUT2D eigenvalue weighted by Gasteiger charge is -2.35. The van der Waals surface area contributed by atoms with Gasteiger partial charge in [0.1, 0.15) is 12.8 Å². The van der Waals surface area contributed by atoms with Crippen LogP contribution in [-0.2, 0) is 20.9 Å². The quantitative estimate of drug-likeness (QED) is 0.377. The fourth-order valence-electron chi connectivity index (χ4n) is 3.34. The van der Waals surface area contributed by atoms with E-state index < -0.39 is 14.1 Å². The molecule has 2 aliphatic rings. The summed E-state index contributed by atoms with van der Waals surface area (Å²) < 4.78 is 6.52. The van der Waals surface area contributed by atoms with Crippen molar-refractivity contribution in [3.05, 3.63) is 33.8 Å². The molecule has 0 saturated carbocycles. The van der Waals surface area contributed by atoms with Crippen LogP contribution >= 0.6 is 15.9 Å². The Hall–Kier alpha value is -1.51. The van der Waals surface area contributed by atoms with Crippen molar-refractivity contribution in [2.24, 2.45) is 0 Å². The minimum absolute atomic E-state index is 0.0286. The predicted octanol–water partition coefficient (Wildman–Crippen LogP) is 3.23. The molecule has 2 aliphatic heterocycles. The van der Waals surface area contributed by atoms with E-state index in [0.29, 0.717) is 25.1 Å². The van der Waals surface area contributed by atoms with Gasteiger partial charge in [0.05, 0.1) is 0 Å². The largest absolute Gasteiger partial charge is 0.363 e. The number of fused-ring (bicyclic) bond motifs is 1. The van der Waals surface area contributed by atoms with E-state index in [1.54, 1.807) is 11.0 Å². The fraction of sp³-hybridized carbons (Fsp3) is 0.526. The van der Waals surface area contributed by atoms with Crippen LogP contribution in [0.15, 0.2) is 22.7 Å². The van der Waals surface area contributed by atoms with E-state index in [0.717, 1.165) is 16.1 Å². The van der Waals surface area contributed by atoms with E-state index in [9.17, 15) is 14.4 Å². The highest BCUT2D eigenvalue weighted by Crippen LogP contribution is 2.30. The Morgan fingerprint density at radius 2 is 1.96 bits per heavy atom. The SMILES string of the molecule is C[Si-](C)(C)CCOCN1C(=O)CCC(N2Cc3cc(Br)ccc3C2=O)C1=O. The molecular formula is C19H25BrN2O4Si-. The maximum Gasteiger partial charge on any atom is 0.255 e. The van der Waals surface area contributed by atoms with Gasteiger partial charge in [0.25, 0.3) is 11.8 Å². The number of amides is 3. The van der Waals surface area contributed by atoms with Gasteiger partial charge in [0, 0.05) is 29.6 Å². The number of piperidine rings is 1. The molecule has 0 radical (unpaired) electrons. The Balaban J connectivity index is 1.66. The lowest BCUT2D eigenvalue weighted by Crippen LogP contribution is -2.55. The third kappa shape index (κ3) is 4.49. The summed E-state index contributed by atoms with van der Waals surface area (Å²) in [6, 6.07) is 5.87. The lowest BCUT2D eigenvalue weighted by molar-refractivity contribution is -0.158. The van der Waals surface area contributed by atoms with Crippen LogP contribution in [-0.4, -0.2) is 55.0 Å². The highest BCUT2D eigenvalue weighted by Gasteiger charge is 2.42. The van der Waals surface area contributed by atoms with Gasteiger partial charge < -0.3 is 9.64 Å². The van der Waals surface area contributed by atoms with E-state index in [4.69, 9.17) is 4.74 Å². The van der Waals surface area contributed by atoms with Crippen LogP contribution in [0.4, 0.5) is 0 Å². The molecule has 147 valence electrons. The van der Waals surface area contributed by atoms with Crippen LogP contribution in [0.3, 0.4) is 0 Å². The van der Waals surface area contributed by atoms with Crippen molar-refractivity contribution in [3.63, 3.8) is 0 Å². The predicted molar refractivity (Wildman–Crippen MR) is 108 cm³/mol.